The minimum atomic E-state index is -0.0712. The van der Waals surface area contributed by atoms with Crippen molar-refractivity contribution in [2.75, 3.05) is 11.5 Å². The number of hydrogen-bond donors (Lipinski definition) is 2. The summed E-state index contributed by atoms with van der Waals surface area (Å²) < 4.78 is 0. The molecule has 18 heavy (non-hydrogen) atoms. The van der Waals surface area contributed by atoms with Crippen LogP contribution in [0.25, 0.3) is 0 Å². The quantitative estimate of drug-likeness (QED) is 0.656. The van der Waals surface area contributed by atoms with Gasteiger partial charge >= 0.3 is 0 Å². The Morgan fingerprint density at radius 1 is 1.28 bits per heavy atom. The van der Waals surface area contributed by atoms with Crippen molar-refractivity contribution in [1.29, 1.82) is 0 Å². The molecule has 0 unspecified atom stereocenters. The van der Waals surface area contributed by atoms with Gasteiger partial charge in [-0.2, -0.15) is 0 Å². The Balaban J connectivity index is 2.22. The van der Waals surface area contributed by atoms with Gasteiger partial charge in [0.15, 0.2) is 5.78 Å². The van der Waals surface area contributed by atoms with E-state index in [2.05, 4.69) is 4.98 Å². The number of anilines is 2. The lowest BCUT2D eigenvalue weighted by Gasteiger charge is -2.05. The van der Waals surface area contributed by atoms with Gasteiger partial charge in [0.2, 0.25) is 0 Å². The molecule has 1 aromatic carbocycles. The smallest absolute Gasteiger partial charge is 0.167 e. The summed E-state index contributed by atoms with van der Waals surface area (Å²) in [6.07, 6.45) is 1.78. The Bertz CT molecular complexity index is 599. The van der Waals surface area contributed by atoms with Gasteiger partial charge in [-0.3, -0.25) is 4.79 Å². The van der Waals surface area contributed by atoms with Gasteiger partial charge in [-0.25, -0.2) is 4.98 Å². The van der Waals surface area contributed by atoms with Crippen molar-refractivity contribution in [1.82, 2.24) is 4.98 Å². The molecule has 0 atom stereocenters. The molecular formula is C13H12ClN3O. The van der Waals surface area contributed by atoms with E-state index in [0.717, 1.165) is 0 Å². The molecule has 0 radical (unpaired) electrons. The van der Waals surface area contributed by atoms with Crippen LogP contribution in [-0.4, -0.2) is 10.8 Å². The first-order valence-electron chi connectivity index (χ1n) is 5.35. The van der Waals surface area contributed by atoms with E-state index in [1.54, 1.807) is 36.5 Å². The fourth-order valence-electron chi connectivity index (χ4n) is 1.59. The number of aromatic nitrogens is 1. The van der Waals surface area contributed by atoms with E-state index in [4.69, 9.17) is 23.1 Å². The Morgan fingerprint density at radius 3 is 2.72 bits per heavy atom. The molecule has 0 saturated heterocycles. The summed E-state index contributed by atoms with van der Waals surface area (Å²) in [5.74, 6) is 0.297. The fraction of sp³-hybridized carbons (Fsp3) is 0.0769. The molecule has 2 rings (SSSR count). The number of nitrogen functional groups attached to an aromatic ring is 2. The van der Waals surface area contributed by atoms with Crippen LogP contribution >= 0.6 is 11.6 Å². The largest absolute Gasteiger partial charge is 0.398 e. The second-order valence-electron chi connectivity index (χ2n) is 3.88. The van der Waals surface area contributed by atoms with Crippen LogP contribution in [0.3, 0.4) is 0 Å². The van der Waals surface area contributed by atoms with E-state index in [-0.39, 0.29) is 12.2 Å². The van der Waals surface area contributed by atoms with Crippen molar-refractivity contribution in [2.24, 2.45) is 0 Å². The molecule has 1 aromatic heterocycles. The molecule has 0 amide bonds. The van der Waals surface area contributed by atoms with Gasteiger partial charge in [0.05, 0.1) is 10.7 Å². The highest BCUT2D eigenvalue weighted by molar-refractivity contribution is 6.33. The van der Waals surface area contributed by atoms with Gasteiger partial charge in [-0.15, -0.1) is 0 Å². The molecule has 0 aliphatic heterocycles. The van der Waals surface area contributed by atoms with Crippen molar-refractivity contribution in [2.45, 2.75) is 6.42 Å². The first kappa shape index (κ1) is 12.4. The predicted octanol–water partition coefficient (Wildman–Crippen LogP) is 2.32. The van der Waals surface area contributed by atoms with Crippen LogP contribution in [-0.2, 0) is 6.42 Å². The van der Waals surface area contributed by atoms with Crippen LogP contribution in [0.1, 0.15) is 15.9 Å². The summed E-state index contributed by atoms with van der Waals surface area (Å²) in [6.45, 7) is 0. The summed E-state index contributed by atoms with van der Waals surface area (Å²) in [6, 6.07) is 8.34. The number of carbonyl (C=O) groups excluding carboxylic acids is 1. The highest BCUT2D eigenvalue weighted by Gasteiger charge is 2.10. The highest BCUT2D eigenvalue weighted by atomic mass is 35.5. The van der Waals surface area contributed by atoms with Crippen molar-refractivity contribution >= 4 is 28.9 Å². The van der Waals surface area contributed by atoms with E-state index in [1.165, 1.54) is 0 Å². The van der Waals surface area contributed by atoms with Crippen LogP contribution in [0.5, 0.6) is 0 Å². The maximum Gasteiger partial charge on any atom is 0.167 e. The van der Waals surface area contributed by atoms with Crippen LogP contribution < -0.4 is 11.5 Å². The van der Waals surface area contributed by atoms with Gasteiger partial charge in [0.1, 0.15) is 5.82 Å². The van der Waals surface area contributed by atoms with Crippen LogP contribution in [0.2, 0.25) is 5.02 Å². The summed E-state index contributed by atoms with van der Waals surface area (Å²) in [7, 11) is 0. The number of rotatable bonds is 3. The lowest BCUT2D eigenvalue weighted by Crippen LogP contribution is -2.07. The minimum Gasteiger partial charge on any atom is -0.398 e. The van der Waals surface area contributed by atoms with Crippen LogP contribution in [0, 0.1) is 0 Å². The zero-order chi connectivity index (χ0) is 13.1. The van der Waals surface area contributed by atoms with E-state index in [9.17, 15) is 4.79 Å². The molecule has 92 valence electrons. The van der Waals surface area contributed by atoms with Crippen LogP contribution in [0.4, 0.5) is 11.5 Å². The van der Waals surface area contributed by atoms with Gasteiger partial charge in [-0.05, 0) is 24.3 Å². The Kier molecular flexibility index (Phi) is 3.48. The molecule has 5 heteroatoms. The molecule has 0 saturated carbocycles. The number of benzene rings is 1. The van der Waals surface area contributed by atoms with E-state index in [1.807, 2.05) is 0 Å². The Hall–Kier alpha value is -2.07. The van der Waals surface area contributed by atoms with Crippen molar-refractivity contribution in [3.05, 3.63) is 52.7 Å². The number of Topliss-reactive ketones (excluding diaryl/α,β-unsaturated/α-hetero) is 1. The fourth-order valence-corrected chi connectivity index (χ4v) is 1.71. The third-order valence-electron chi connectivity index (χ3n) is 2.60. The van der Waals surface area contributed by atoms with Gasteiger partial charge < -0.3 is 11.5 Å². The average Bonchev–Trinajstić information content (AvgIpc) is 2.35. The second-order valence-corrected chi connectivity index (χ2v) is 4.29. The third kappa shape index (κ3) is 2.60. The molecule has 0 aliphatic carbocycles. The van der Waals surface area contributed by atoms with Gasteiger partial charge in [0, 0.05) is 23.7 Å². The standard InChI is InChI=1S/C13H12ClN3O/c14-10-4-3-8(6-11(10)15)12(18)7-9-2-1-5-17-13(9)16/h1-6H,7,15H2,(H2,16,17). The maximum atomic E-state index is 12.0. The van der Waals surface area contributed by atoms with E-state index < -0.39 is 0 Å². The number of nitrogens with zero attached hydrogens (tertiary/aromatic N) is 1. The molecule has 0 spiro atoms. The number of carbonyl (C=O) groups is 1. The summed E-state index contributed by atoms with van der Waals surface area (Å²) in [4.78, 5) is 16.0. The normalized spacial score (nSPS) is 10.3. The molecule has 0 bridgehead atoms. The number of nitrogens with two attached hydrogens (primary N) is 2. The molecule has 1 heterocycles. The van der Waals surface area contributed by atoms with E-state index >= 15 is 0 Å². The zero-order valence-electron chi connectivity index (χ0n) is 9.56. The number of halogens is 1. The van der Waals surface area contributed by atoms with Crippen molar-refractivity contribution < 1.29 is 4.79 Å². The Labute approximate surface area is 110 Å². The zero-order valence-corrected chi connectivity index (χ0v) is 10.3. The lowest BCUT2D eigenvalue weighted by molar-refractivity contribution is 0.0993. The summed E-state index contributed by atoms with van der Waals surface area (Å²) in [5, 5.41) is 0.437. The number of pyridine rings is 1. The molecule has 2 aromatic rings. The monoisotopic (exact) mass is 261 g/mol. The van der Waals surface area contributed by atoms with Gasteiger partial charge in [-0.1, -0.05) is 17.7 Å². The topological polar surface area (TPSA) is 82.0 Å². The predicted molar refractivity (Wildman–Crippen MR) is 72.5 cm³/mol. The van der Waals surface area contributed by atoms with Crippen molar-refractivity contribution in [3.8, 4) is 0 Å². The maximum absolute atomic E-state index is 12.0. The Morgan fingerprint density at radius 2 is 2.06 bits per heavy atom. The molecule has 4 N–H and O–H groups in total. The summed E-state index contributed by atoms with van der Waals surface area (Å²) >= 11 is 5.80. The average molecular weight is 262 g/mol. The SMILES string of the molecule is Nc1cc(C(=O)Cc2cccnc2N)ccc1Cl. The minimum absolute atomic E-state index is 0.0712. The van der Waals surface area contributed by atoms with E-state index in [0.29, 0.717) is 27.7 Å². The molecule has 4 nitrogen and oxygen atoms in total. The number of ketones is 1. The van der Waals surface area contributed by atoms with Gasteiger partial charge in [0.25, 0.3) is 0 Å². The lowest BCUT2D eigenvalue weighted by atomic mass is 10.0. The first-order valence-corrected chi connectivity index (χ1v) is 5.73. The van der Waals surface area contributed by atoms with Crippen LogP contribution in [0.15, 0.2) is 36.5 Å². The second kappa shape index (κ2) is 5.06. The number of hydrogen-bond acceptors (Lipinski definition) is 4. The third-order valence-corrected chi connectivity index (χ3v) is 2.94. The first-order chi connectivity index (χ1) is 8.58. The molecular weight excluding hydrogens is 250 g/mol. The van der Waals surface area contributed by atoms with Crippen molar-refractivity contribution in [3.63, 3.8) is 0 Å². The summed E-state index contributed by atoms with van der Waals surface area (Å²) in [5.41, 5.74) is 13.0. The molecule has 0 fully saturated rings. The highest BCUT2D eigenvalue weighted by Crippen LogP contribution is 2.21. The molecule has 0 aliphatic rings.